The van der Waals surface area contributed by atoms with Crippen LogP contribution in [0.15, 0.2) is 48.8 Å². The third-order valence-corrected chi connectivity index (χ3v) is 5.43. The van der Waals surface area contributed by atoms with Crippen molar-refractivity contribution in [1.29, 1.82) is 0 Å². The number of carbonyl (C=O) groups excluding carboxylic acids is 1. The maximum absolute atomic E-state index is 13.3. The predicted octanol–water partition coefficient (Wildman–Crippen LogP) is 4.52. The Labute approximate surface area is 181 Å². The van der Waals surface area contributed by atoms with Gasteiger partial charge in [-0.15, -0.1) is 0 Å². The molecule has 1 aliphatic heterocycles. The van der Waals surface area contributed by atoms with Crippen LogP contribution in [0.1, 0.15) is 37.3 Å². The molecular formula is C22H21F4N5O. The number of carbonyl (C=O) groups is 1. The van der Waals surface area contributed by atoms with Crippen LogP contribution in [0.4, 0.5) is 17.6 Å². The number of aromatic nitrogens is 4. The molecule has 1 aromatic carbocycles. The van der Waals surface area contributed by atoms with Gasteiger partial charge in [0.05, 0.1) is 17.8 Å². The fourth-order valence-electron chi connectivity index (χ4n) is 3.86. The molecule has 0 saturated carbocycles. The summed E-state index contributed by atoms with van der Waals surface area (Å²) >= 11 is 0. The maximum atomic E-state index is 13.3. The molecule has 1 saturated heterocycles. The van der Waals surface area contributed by atoms with Gasteiger partial charge >= 0.3 is 6.18 Å². The standard InChI is InChI=1S/C22H21F4N5O/c23-17-6-4-15(5-7-17)18-13-19(31(29-18)21-27-10-2-11-28-21)16-3-1-12-30(14-16)20(32)8-9-22(24,25)26/h2,4-7,10-11,13,16H,1,3,8-9,12,14H2. The van der Waals surface area contributed by atoms with E-state index in [9.17, 15) is 22.4 Å². The molecule has 1 aliphatic rings. The van der Waals surface area contributed by atoms with Crippen LogP contribution >= 0.6 is 0 Å². The van der Waals surface area contributed by atoms with Crippen LogP contribution in [0.3, 0.4) is 0 Å². The van der Waals surface area contributed by atoms with Crippen molar-refractivity contribution in [1.82, 2.24) is 24.6 Å². The first-order valence-corrected chi connectivity index (χ1v) is 10.3. The van der Waals surface area contributed by atoms with Gasteiger partial charge in [0.1, 0.15) is 5.82 Å². The van der Waals surface area contributed by atoms with Gasteiger partial charge in [-0.1, -0.05) is 0 Å². The average Bonchev–Trinajstić information content (AvgIpc) is 3.24. The molecule has 1 atom stereocenters. The van der Waals surface area contributed by atoms with Crippen LogP contribution < -0.4 is 0 Å². The quantitative estimate of drug-likeness (QED) is 0.540. The maximum Gasteiger partial charge on any atom is 0.389 e. The first kappa shape index (κ1) is 21.9. The molecule has 10 heteroatoms. The number of rotatable bonds is 5. The summed E-state index contributed by atoms with van der Waals surface area (Å²) in [6, 6.07) is 9.44. The number of piperidine rings is 1. The minimum Gasteiger partial charge on any atom is -0.342 e. The third kappa shape index (κ3) is 5.12. The van der Waals surface area contributed by atoms with Crippen LogP contribution in [0.5, 0.6) is 0 Å². The van der Waals surface area contributed by atoms with E-state index in [2.05, 4.69) is 15.1 Å². The Hall–Kier alpha value is -3.30. The molecule has 0 aliphatic carbocycles. The van der Waals surface area contributed by atoms with Crippen molar-refractivity contribution in [2.24, 2.45) is 0 Å². The zero-order valence-electron chi connectivity index (χ0n) is 17.1. The van der Waals surface area contributed by atoms with Gasteiger partial charge in [0.2, 0.25) is 5.91 Å². The number of likely N-dealkylation sites (tertiary alicyclic amines) is 1. The summed E-state index contributed by atoms with van der Waals surface area (Å²) in [5.41, 5.74) is 2.05. The largest absolute Gasteiger partial charge is 0.389 e. The normalized spacial score (nSPS) is 16.9. The Morgan fingerprint density at radius 3 is 2.53 bits per heavy atom. The Morgan fingerprint density at radius 2 is 1.84 bits per heavy atom. The molecule has 2 aromatic heterocycles. The topological polar surface area (TPSA) is 63.9 Å². The Bertz CT molecular complexity index is 1070. The molecule has 0 bridgehead atoms. The molecular weight excluding hydrogens is 426 g/mol. The van der Waals surface area contributed by atoms with Crippen LogP contribution in [-0.2, 0) is 4.79 Å². The minimum atomic E-state index is -4.36. The Morgan fingerprint density at radius 1 is 1.12 bits per heavy atom. The van der Waals surface area contributed by atoms with Crippen molar-refractivity contribution < 1.29 is 22.4 Å². The van der Waals surface area contributed by atoms with E-state index in [0.29, 0.717) is 30.2 Å². The summed E-state index contributed by atoms with van der Waals surface area (Å²) in [6.45, 7) is 0.714. The molecule has 3 aromatic rings. The third-order valence-electron chi connectivity index (χ3n) is 5.43. The number of halogens is 4. The number of hydrogen-bond donors (Lipinski definition) is 0. The van der Waals surface area contributed by atoms with Gasteiger partial charge in [-0.05, 0) is 49.2 Å². The number of benzene rings is 1. The van der Waals surface area contributed by atoms with E-state index in [4.69, 9.17) is 0 Å². The van der Waals surface area contributed by atoms with Crippen molar-refractivity contribution in [2.45, 2.75) is 37.8 Å². The SMILES string of the molecule is O=C(CCC(F)(F)F)N1CCCC(c2cc(-c3ccc(F)cc3)nn2-c2ncccn2)C1. The lowest BCUT2D eigenvalue weighted by atomic mass is 9.93. The van der Waals surface area contributed by atoms with Gasteiger partial charge in [-0.3, -0.25) is 4.79 Å². The summed E-state index contributed by atoms with van der Waals surface area (Å²) in [7, 11) is 0. The summed E-state index contributed by atoms with van der Waals surface area (Å²) in [5, 5.41) is 4.61. The van der Waals surface area contributed by atoms with Crippen molar-refractivity contribution in [2.75, 3.05) is 13.1 Å². The summed E-state index contributed by atoms with van der Waals surface area (Å²) in [4.78, 5) is 22.4. The van der Waals surface area contributed by atoms with Crippen LogP contribution in [0.2, 0.25) is 0 Å². The number of alkyl halides is 3. The zero-order valence-corrected chi connectivity index (χ0v) is 17.1. The van der Waals surface area contributed by atoms with Crippen molar-refractivity contribution in [3.63, 3.8) is 0 Å². The monoisotopic (exact) mass is 447 g/mol. The van der Waals surface area contributed by atoms with Crippen molar-refractivity contribution >= 4 is 5.91 Å². The highest BCUT2D eigenvalue weighted by Gasteiger charge is 2.32. The van der Waals surface area contributed by atoms with E-state index >= 15 is 0 Å². The Balaban J connectivity index is 1.62. The fraction of sp³-hybridized carbons (Fsp3) is 0.364. The van der Waals surface area contributed by atoms with Crippen LogP contribution in [0.25, 0.3) is 17.2 Å². The van der Waals surface area contributed by atoms with Gasteiger partial charge in [0.15, 0.2) is 0 Å². The van der Waals surface area contributed by atoms with Crippen LogP contribution in [0, 0.1) is 5.82 Å². The second kappa shape index (κ2) is 9.05. The molecule has 1 unspecified atom stereocenters. The van der Waals surface area contributed by atoms with Gasteiger partial charge in [-0.25, -0.2) is 19.0 Å². The van der Waals surface area contributed by atoms with E-state index in [1.54, 1.807) is 35.3 Å². The average molecular weight is 447 g/mol. The van der Waals surface area contributed by atoms with E-state index in [0.717, 1.165) is 12.1 Å². The van der Waals surface area contributed by atoms with E-state index in [1.807, 2.05) is 6.07 Å². The molecule has 4 rings (SSSR count). The Kier molecular flexibility index (Phi) is 6.20. The lowest BCUT2D eigenvalue weighted by Gasteiger charge is -2.33. The summed E-state index contributed by atoms with van der Waals surface area (Å²) < 4.78 is 52.5. The summed E-state index contributed by atoms with van der Waals surface area (Å²) in [6.07, 6.45) is -1.48. The fourth-order valence-corrected chi connectivity index (χ4v) is 3.86. The molecule has 0 spiro atoms. The highest BCUT2D eigenvalue weighted by atomic mass is 19.4. The van der Waals surface area contributed by atoms with E-state index in [1.165, 1.54) is 17.0 Å². The summed E-state index contributed by atoms with van der Waals surface area (Å²) in [5.74, 6) is -0.673. The molecule has 1 fully saturated rings. The number of hydrogen-bond acceptors (Lipinski definition) is 4. The molecule has 0 radical (unpaired) electrons. The molecule has 0 N–H and O–H groups in total. The first-order valence-electron chi connectivity index (χ1n) is 10.3. The van der Waals surface area contributed by atoms with E-state index < -0.39 is 24.9 Å². The van der Waals surface area contributed by atoms with Gasteiger partial charge in [-0.2, -0.15) is 18.3 Å². The molecule has 3 heterocycles. The van der Waals surface area contributed by atoms with Gasteiger partial charge in [0.25, 0.3) is 5.95 Å². The molecule has 168 valence electrons. The molecule has 6 nitrogen and oxygen atoms in total. The first-order chi connectivity index (χ1) is 15.3. The highest BCUT2D eigenvalue weighted by Crippen LogP contribution is 2.32. The van der Waals surface area contributed by atoms with Crippen LogP contribution in [-0.4, -0.2) is 49.8 Å². The van der Waals surface area contributed by atoms with Crippen molar-refractivity contribution in [3.8, 4) is 17.2 Å². The molecule has 32 heavy (non-hydrogen) atoms. The zero-order chi connectivity index (χ0) is 22.7. The smallest absolute Gasteiger partial charge is 0.342 e. The van der Waals surface area contributed by atoms with Gasteiger partial charge < -0.3 is 4.90 Å². The highest BCUT2D eigenvalue weighted by molar-refractivity contribution is 5.76. The molecule has 1 amide bonds. The van der Waals surface area contributed by atoms with Gasteiger partial charge in [0, 0.05) is 43.4 Å². The number of nitrogens with zero attached hydrogens (tertiary/aromatic N) is 5. The minimum absolute atomic E-state index is 0.149. The number of amides is 1. The second-order valence-corrected chi connectivity index (χ2v) is 7.72. The lowest BCUT2D eigenvalue weighted by Crippen LogP contribution is -2.40. The second-order valence-electron chi connectivity index (χ2n) is 7.72. The predicted molar refractivity (Wildman–Crippen MR) is 108 cm³/mol. The lowest BCUT2D eigenvalue weighted by molar-refractivity contribution is -0.149. The van der Waals surface area contributed by atoms with E-state index in [-0.39, 0.29) is 18.3 Å². The van der Waals surface area contributed by atoms with Crippen molar-refractivity contribution in [3.05, 3.63) is 60.3 Å².